The SMILES string of the molecule is O=C(CC1c2cc(F)c(F)cc2OCC12CC2)Nc1cnc2c(c1)NC(=O)C21CCCCC1. The molecule has 1 unspecified atom stereocenters. The van der Waals surface area contributed by atoms with Crippen molar-refractivity contribution < 1.29 is 23.1 Å². The fraction of sp³-hybridized carbons (Fsp3) is 0.480. The van der Waals surface area contributed by atoms with Crippen LogP contribution in [0.1, 0.15) is 68.5 Å². The molecule has 3 heterocycles. The van der Waals surface area contributed by atoms with Crippen LogP contribution in [-0.2, 0) is 15.0 Å². The van der Waals surface area contributed by atoms with Gasteiger partial charge in [-0.15, -0.1) is 0 Å². The number of benzene rings is 1. The van der Waals surface area contributed by atoms with Crippen molar-refractivity contribution in [2.24, 2.45) is 5.41 Å². The number of nitrogens with one attached hydrogen (secondary N) is 2. The van der Waals surface area contributed by atoms with E-state index in [-0.39, 0.29) is 29.6 Å². The van der Waals surface area contributed by atoms with Gasteiger partial charge < -0.3 is 15.4 Å². The van der Waals surface area contributed by atoms with E-state index in [1.54, 1.807) is 12.3 Å². The maximum absolute atomic E-state index is 14.0. The smallest absolute Gasteiger partial charge is 0.236 e. The maximum atomic E-state index is 14.0. The molecule has 2 aromatic rings. The summed E-state index contributed by atoms with van der Waals surface area (Å²) in [5.41, 5.74) is 1.75. The first-order valence-electron chi connectivity index (χ1n) is 11.6. The van der Waals surface area contributed by atoms with Crippen LogP contribution in [0.3, 0.4) is 0 Å². The van der Waals surface area contributed by atoms with Gasteiger partial charge in [0, 0.05) is 29.4 Å². The zero-order valence-electron chi connectivity index (χ0n) is 18.2. The van der Waals surface area contributed by atoms with E-state index in [1.807, 2.05) is 0 Å². The van der Waals surface area contributed by atoms with Crippen LogP contribution < -0.4 is 15.4 Å². The number of pyridine rings is 1. The molecule has 6 nitrogen and oxygen atoms in total. The molecule has 0 saturated heterocycles. The third-order valence-electron chi connectivity index (χ3n) is 7.98. The van der Waals surface area contributed by atoms with Crippen LogP contribution in [-0.4, -0.2) is 23.4 Å². The van der Waals surface area contributed by atoms with Gasteiger partial charge in [0.15, 0.2) is 11.6 Å². The van der Waals surface area contributed by atoms with E-state index >= 15 is 0 Å². The van der Waals surface area contributed by atoms with Crippen molar-refractivity contribution in [3.05, 3.63) is 47.3 Å². The predicted molar refractivity (Wildman–Crippen MR) is 117 cm³/mol. The van der Waals surface area contributed by atoms with Crippen LogP contribution in [0, 0.1) is 17.0 Å². The summed E-state index contributed by atoms with van der Waals surface area (Å²) in [6.45, 7) is 0.400. The number of halogens is 2. The summed E-state index contributed by atoms with van der Waals surface area (Å²) in [7, 11) is 0. The third-order valence-corrected chi connectivity index (χ3v) is 7.98. The number of amides is 2. The van der Waals surface area contributed by atoms with E-state index in [4.69, 9.17) is 4.74 Å². The summed E-state index contributed by atoms with van der Waals surface area (Å²) in [4.78, 5) is 30.3. The van der Waals surface area contributed by atoms with Gasteiger partial charge in [-0.3, -0.25) is 14.6 Å². The number of carbonyl (C=O) groups is 2. The molecule has 2 fully saturated rings. The number of fused-ring (bicyclic) bond motifs is 3. The first-order chi connectivity index (χ1) is 15.9. The summed E-state index contributed by atoms with van der Waals surface area (Å²) >= 11 is 0. The van der Waals surface area contributed by atoms with Crippen LogP contribution >= 0.6 is 0 Å². The van der Waals surface area contributed by atoms with Crippen molar-refractivity contribution in [1.29, 1.82) is 0 Å². The fourth-order valence-corrected chi connectivity index (χ4v) is 5.95. The molecule has 1 aromatic carbocycles. The summed E-state index contributed by atoms with van der Waals surface area (Å²) in [6.07, 6.45) is 8.25. The Balaban J connectivity index is 1.22. The topological polar surface area (TPSA) is 80.3 Å². The van der Waals surface area contributed by atoms with E-state index in [0.29, 0.717) is 29.3 Å². The number of rotatable bonds is 3. The molecule has 2 aliphatic heterocycles. The van der Waals surface area contributed by atoms with Gasteiger partial charge in [0.05, 0.1) is 35.3 Å². The lowest BCUT2D eigenvalue weighted by Gasteiger charge is -2.33. The van der Waals surface area contributed by atoms with Gasteiger partial charge in [0.2, 0.25) is 11.8 Å². The average Bonchev–Trinajstić information content (AvgIpc) is 3.53. The van der Waals surface area contributed by atoms with Crippen molar-refractivity contribution >= 4 is 23.2 Å². The molecule has 0 radical (unpaired) electrons. The predicted octanol–water partition coefficient (Wildman–Crippen LogP) is 4.80. The van der Waals surface area contributed by atoms with E-state index in [2.05, 4.69) is 15.6 Å². The number of hydrogen-bond acceptors (Lipinski definition) is 4. The van der Waals surface area contributed by atoms with Crippen molar-refractivity contribution in [1.82, 2.24) is 4.98 Å². The monoisotopic (exact) mass is 453 g/mol. The molecule has 1 aromatic heterocycles. The van der Waals surface area contributed by atoms with Crippen LogP contribution in [0.2, 0.25) is 0 Å². The number of hydrogen-bond donors (Lipinski definition) is 2. The molecular formula is C25H25F2N3O3. The Bertz CT molecular complexity index is 1170. The second kappa shape index (κ2) is 7.23. The van der Waals surface area contributed by atoms with Gasteiger partial charge in [-0.25, -0.2) is 8.78 Å². The number of aromatic nitrogens is 1. The Morgan fingerprint density at radius 3 is 2.64 bits per heavy atom. The Kier molecular flexibility index (Phi) is 4.51. The lowest BCUT2D eigenvalue weighted by atomic mass is 9.72. The van der Waals surface area contributed by atoms with E-state index in [1.165, 1.54) is 0 Å². The summed E-state index contributed by atoms with van der Waals surface area (Å²) in [5, 5.41) is 5.84. The second-order valence-electron chi connectivity index (χ2n) is 9.98. The highest BCUT2D eigenvalue weighted by atomic mass is 19.2. The summed E-state index contributed by atoms with van der Waals surface area (Å²) in [6, 6.07) is 4.00. The lowest BCUT2D eigenvalue weighted by Crippen LogP contribution is -2.36. The van der Waals surface area contributed by atoms with Crippen LogP contribution in [0.5, 0.6) is 5.75 Å². The number of nitrogens with zero attached hydrogens (tertiary/aromatic N) is 1. The van der Waals surface area contributed by atoms with Gasteiger partial charge >= 0.3 is 0 Å². The standard InChI is InChI=1S/C25H25F2N3O3/c26-17-9-15-16(24(6-7-24)13-33-20(15)11-18(17)27)10-21(31)29-14-8-19-22(28-12-14)25(23(32)30-19)4-2-1-3-5-25/h8-9,11-12,16H,1-7,10,13H2,(H,29,31)(H,30,32). The number of ether oxygens (including phenoxy) is 1. The zero-order valence-corrected chi connectivity index (χ0v) is 18.2. The van der Waals surface area contributed by atoms with Crippen molar-refractivity contribution in [2.45, 2.75) is 62.7 Å². The maximum Gasteiger partial charge on any atom is 0.236 e. The van der Waals surface area contributed by atoms with Gasteiger partial charge in [0.1, 0.15) is 5.75 Å². The minimum Gasteiger partial charge on any atom is -0.493 e. The highest BCUT2D eigenvalue weighted by Crippen LogP contribution is 2.61. The van der Waals surface area contributed by atoms with Gasteiger partial charge in [0.25, 0.3) is 0 Å². The van der Waals surface area contributed by atoms with Crippen LogP contribution in [0.4, 0.5) is 20.2 Å². The van der Waals surface area contributed by atoms with E-state index < -0.39 is 17.0 Å². The molecule has 0 bridgehead atoms. The lowest BCUT2D eigenvalue weighted by molar-refractivity contribution is -0.122. The molecule has 2 aliphatic carbocycles. The molecule has 172 valence electrons. The van der Waals surface area contributed by atoms with E-state index in [0.717, 1.165) is 62.8 Å². The summed E-state index contributed by atoms with van der Waals surface area (Å²) < 4.78 is 33.4. The van der Waals surface area contributed by atoms with Crippen molar-refractivity contribution in [3.8, 4) is 5.75 Å². The molecule has 1 atom stereocenters. The number of anilines is 2. The molecule has 2 saturated carbocycles. The van der Waals surface area contributed by atoms with Crippen LogP contribution in [0.15, 0.2) is 24.4 Å². The molecule has 6 rings (SSSR count). The molecule has 33 heavy (non-hydrogen) atoms. The highest BCUT2D eigenvalue weighted by Gasteiger charge is 2.54. The zero-order chi connectivity index (χ0) is 22.8. The quantitative estimate of drug-likeness (QED) is 0.700. The largest absolute Gasteiger partial charge is 0.493 e. The summed E-state index contributed by atoms with van der Waals surface area (Å²) in [5.74, 6) is -2.06. The van der Waals surface area contributed by atoms with Gasteiger partial charge in [-0.05, 0) is 37.8 Å². The molecule has 2 spiro atoms. The van der Waals surface area contributed by atoms with Crippen molar-refractivity contribution in [3.63, 3.8) is 0 Å². The Morgan fingerprint density at radius 2 is 1.88 bits per heavy atom. The Labute approximate surface area is 190 Å². The molecule has 8 heteroatoms. The average molecular weight is 453 g/mol. The first kappa shape index (κ1) is 20.6. The van der Waals surface area contributed by atoms with Crippen LogP contribution in [0.25, 0.3) is 0 Å². The fourth-order valence-electron chi connectivity index (χ4n) is 5.95. The highest BCUT2D eigenvalue weighted by molar-refractivity contribution is 6.06. The molecule has 2 N–H and O–H groups in total. The molecule has 2 amide bonds. The minimum absolute atomic E-state index is 0.00285. The third kappa shape index (κ3) is 3.21. The second-order valence-corrected chi connectivity index (χ2v) is 9.98. The Hall–Kier alpha value is -3.03. The minimum atomic E-state index is -0.953. The van der Waals surface area contributed by atoms with Gasteiger partial charge in [-0.2, -0.15) is 0 Å². The molecular weight excluding hydrogens is 428 g/mol. The van der Waals surface area contributed by atoms with Crippen molar-refractivity contribution in [2.75, 3.05) is 17.2 Å². The van der Waals surface area contributed by atoms with Gasteiger partial charge in [-0.1, -0.05) is 19.3 Å². The van der Waals surface area contributed by atoms with E-state index in [9.17, 15) is 18.4 Å². The number of carbonyl (C=O) groups excluding carboxylic acids is 2. The normalized spacial score (nSPS) is 23.5. The Morgan fingerprint density at radius 1 is 1.12 bits per heavy atom. The molecule has 4 aliphatic rings. The first-order valence-corrected chi connectivity index (χ1v) is 11.6.